The first kappa shape index (κ1) is 11.6. The number of para-hydroxylation sites is 1. The third-order valence-electron chi connectivity index (χ3n) is 2.24. The van der Waals surface area contributed by atoms with Gasteiger partial charge in [0, 0.05) is 6.20 Å². The molecule has 2 aromatic rings. The fraction of sp³-hybridized carbons (Fsp3) is 0.0909. The van der Waals surface area contributed by atoms with Crippen LogP contribution >= 0.6 is 0 Å². The number of hydrogen-bond acceptors (Lipinski definition) is 6. The molecular weight excluding hydrogens is 234 g/mol. The van der Waals surface area contributed by atoms with Crippen LogP contribution in [-0.4, -0.2) is 28.5 Å². The fourth-order valence-electron chi connectivity index (χ4n) is 1.38. The molecule has 90 valence electrons. The molecule has 0 fully saturated rings. The summed E-state index contributed by atoms with van der Waals surface area (Å²) in [5.41, 5.74) is 1.82. The van der Waals surface area contributed by atoms with Crippen molar-refractivity contribution in [2.24, 2.45) is 0 Å². The predicted molar refractivity (Wildman–Crippen MR) is 63.2 cm³/mol. The monoisotopic (exact) mass is 243 g/mol. The summed E-state index contributed by atoms with van der Waals surface area (Å²) < 4.78 is 4.46. The molecule has 0 saturated carbocycles. The smallest absolute Gasteiger partial charge is 0.350 e. The number of aromatic nitrogens is 3. The molecule has 0 radical (unpaired) electrons. The van der Waals surface area contributed by atoms with Gasteiger partial charge in [-0.2, -0.15) is 20.7 Å². The lowest BCUT2D eigenvalue weighted by Gasteiger charge is -2.01. The third-order valence-corrected chi connectivity index (χ3v) is 2.24. The molecule has 0 aliphatic carbocycles. The maximum atomic E-state index is 11.2. The van der Waals surface area contributed by atoms with Gasteiger partial charge in [0.25, 0.3) is 0 Å². The van der Waals surface area contributed by atoms with E-state index in [9.17, 15) is 4.79 Å². The molecule has 0 unspecified atom stereocenters. The molecule has 7 nitrogen and oxygen atoms in total. The van der Waals surface area contributed by atoms with Gasteiger partial charge >= 0.3 is 5.97 Å². The van der Waals surface area contributed by atoms with Crippen molar-refractivity contribution >= 4 is 22.7 Å². The summed E-state index contributed by atoms with van der Waals surface area (Å²) in [6, 6.07) is 7.08. The van der Waals surface area contributed by atoms with E-state index in [1.807, 2.05) is 0 Å². The highest BCUT2D eigenvalue weighted by Gasteiger charge is 2.09. The molecule has 0 atom stereocenters. The summed E-state index contributed by atoms with van der Waals surface area (Å²) in [5, 5.41) is 22.0. The number of carbonyl (C=O) groups is 1. The SMILES string of the molecule is COC(=O)C(C#N)=CNc1cccc2n[nH]nc12. The molecule has 0 aliphatic rings. The van der Waals surface area contributed by atoms with Crippen molar-refractivity contribution < 1.29 is 9.53 Å². The van der Waals surface area contributed by atoms with Crippen LogP contribution in [0.5, 0.6) is 0 Å². The lowest BCUT2D eigenvalue weighted by molar-refractivity contribution is -0.135. The number of H-pyrrole nitrogens is 1. The van der Waals surface area contributed by atoms with Crippen molar-refractivity contribution in [2.45, 2.75) is 0 Å². The van der Waals surface area contributed by atoms with Crippen molar-refractivity contribution in [1.29, 1.82) is 5.26 Å². The average molecular weight is 243 g/mol. The van der Waals surface area contributed by atoms with Crippen molar-refractivity contribution in [3.8, 4) is 6.07 Å². The number of carbonyl (C=O) groups excluding carboxylic acids is 1. The van der Waals surface area contributed by atoms with Crippen molar-refractivity contribution in [3.63, 3.8) is 0 Å². The number of rotatable bonds is 3. The van der Waals surface area contributed by atoms with Crippen LogP contribution in [0.1, 0.15) is 0 Å². The van der Waals surface area contributed by atoms with Gasteiger partial charge in [0.05, 0.1) is 12.8 Å². The number of benzene rings is 1. The summed E-state index contributed by atoms with van der Waals surface area (Å²) in [5.74, 6) is -0.697. The number of hydrogen-bond donors (Lipinski definition) is 2. The van der Waals surface area contributed by atoms with Gasteiger partial charge < -0.3 is 10.1 Å². The number of nitrogens with one attached hydrogen (secondary N) is 2. The van der Waals surface area contributed by atoms with Crippen LogP contribution in [0, 0.1) is 11.3 Å². The molecular formula is C11H9N5O2. The van der Waals surface area contributed by atoms with Crippen molar-refractivity contribution in [2.75, 3.05) is 12.4 Å². The van der Waals surface area contributed by atoms with E-state index >= 15 is 0 Å². The Morgan fingerprint density at radius 1 is 1.56 bits per heavy atom. The van der Waals surface area contributed by atoms with E-state index in [1.165, 1.54) is 13.3 Å². The molecule has 1 aromatic carbocycles. The summed E-state index contributed by atoms with van der Waals surface area (Å²) in [7, 11) is 1.21. The highest BCUT2D eigenvalue weighted by atomic mass is 16.5. The van der Waals surface area contributed by atoms with E-state index in [2.05, 4.69) is 25.5 Å². The molecule has 0 saturated heterocycles. The fourth-order valence-corrected chi connectivity index (χ4v) is 1.38. The molecule has 0 aliphatic heterocycles. The van der Waals surface area contributed by atoms with Crippen LogP contribution in [0.2, 0.25) is 0 Å². The van der Waals surface area contributed by atoms with Crippen LogP contribution in [0.4, 0.5) is 5.69 Å². The van der Waals surface area contributed by atoms with Crippen LogP contribution in [0.15, 0.2) is 30.0 Å². The van der Waals surface area contributed by atoms with E-state index in [-0.39, 0.29) is 5.57 Å². The summed E-state index contributed by atoms with van der Waals surface area (Å²) in [6.07, 6.45) is 1.27. The van der Waals surface area contributed by atoms with Gasteiger partial charge in [-0.15, -0.1) is 0 Å². The Hall–Kier alpha value is -2.88. The maximum absolute atomic E-state index is 11.2. The molecule has 0 spiro atoms. The highest BCUT2D eigenvalue weighted by molar-refractivity contribution is 5.94. The zero-order valence-corrected chi connectivity index (χ0v) is 9.47. The number of nitriles is 1. The summed E-state index contributed by atoms with van der Waals surface area (Å²) >= 11 is 0. The highest BCUT2D eigenvalue weighted by Crippen LogP contribution is 2.18. The van der Waals surface area contributed by atoms with Gasteiger partial charge in [-0.25, -0.2) is 4.79 Å². The van der Waals surface area contributed by atoms with Crippen LogP contribution in [0.25, 0.3) is 11.0 Å². The van der Waals surface area contributed by atoms with Crippen LogP contribution < -0.4 is 5.32 Å². The zero-order chi connectivity index (χ0) is 13.0. The molecule has 1 aromatic heterocycles. The Kier molecular flexibility index (Phi) is 3.20. The first-order valence-corrected chi connectivity index (χ1v) is 5.01. The first-order chi connectivity index (χ1) is 8.76. The molecule has 1 heterocycles. The molecule has 0 bridgehead atoms. The Labute approximate surface area is 102 Å². The van der Waals surface area contributed by atoms with Gasteiger partial charge in [0.2, 0.25) is 0 Å². The maximum Gasteiger partial charge on any atom is 0.350 e. The second kappa shape index (κ2) is 4.97. The number of ether oxygens (including phenoxy) is 1. The van der Waals surface area contributed by atoms with Crippen LogP contribution in [0.3, 0.4) is 0 Å². The minimum absolute atomic E-state index is 0.127. The van der Waals surface area contributed by atoms with Gasteiger partial charge in [0.1, 0.15) is 17.1 Å². The average Bonchev–Trinajstić information content (AvgIpc) is 2.88. The van der Waals surface area contributed by atoms with E-state index < -0.39 is 5.97 Å². The standard InChI is InChI=1S/C11H9N5O2/c1-18-11(17)7(5-12)6-13-8-3-2-4-9-10(8)15-16-14-9/h2-4,6,13H,1H3,(H,14,15,16). The van der Waals surface area contributed by atoms with Gasteiger partial charge in [-0.3, -0.25) is 0 Å². The number of anilines is 1. The third kappa shape index (κ3) is 2.12. The lowest BCUT2D eigenvalue weighted by atomic mass is 10.2. The summed E-state index contributed by atoms with van der Waals surface area (Å²) in [6.45, 7) is 0. The lowest BCUT2D eigenvalue weighted by Crippen LogP contribution is -2.05. The van der Waals surface area contributed by atoms with Gasteiger partial charge in [-0.05, 0) is 12.1 Å². The Balaban J connectivity index is 2.29. The Bertz CT molecular complexity index is 653. The molecule has 2 N–H and O–H groups in total. The number of nitrogens with zero attached hydrogens (tertiary/aromatic N) is 3. The Morgan fingerprint density at radius 2 is 2.39 bits per heavy atom. The summed E-state index contributed by atoms with van der Waals surface area (Å²) in [4.78, 5) is 11.2. The number of esters is 1. The molecule has 0 amide bonds. The van der Waals surface area contributed by atoms with Gasteiger partial charge in [0.15, 0.2) is 5.57 Å². The molecule has 7 heteroatoms. The van der Waals surface area contributed by atoms with Gasteiger partial charge in [-0.1, -0.05) is 6.07 Å². The quantitative estimate of drug-likeness (QED) is 0.472. The van der Waals surface area contributed by atoms with E-state index in [0.29, 0.717) is 16.7 Å². The topological polar surface area (TPSA) is 104 Å². The zero-order valence-electron chi connectivity index (χ0n) is 9.47. The second-order valence-corrected chi connectivity index (χ2v) is 3.30. The molecule has 18 heavy (non-hydrogen) atoms. The normalized spacial score (nSPS) is 11.0. The minimum atomic E-state index is -0.697. The number of fused-ring (bicyclic) bond motifs is 1. The first-order valence-electron chi connectivity index (χ1n) is 5.01. The van der Waals surface area contributed by atoms with E-state index in [1.54, 1.807) is 24.3 Å². The van der Waals surface area contributed by atoms with Crippen molar-refractivity contribution in [3.05, 3.63) is 30.0 Å². The molecule has 2 rings (SSSR count). The predicted octanol–water partition coefficient (Wildman–Crippen LogP) is 0.950. The van der Waals surface area contributed by atoms with Crippen molar-refractivity contribution in [1.82, 2.24) is 15.4 Å². The van der Waals surface area contributed by atoms with E-state index in [4.69, 9.17) is 5.26 Å². The largest absolute Gasteiger partial charge is 0.465 e. The van der Waals surface area contributed by atoms with E-state index in [0.717, 1.165) is 0 Å². The minimum Gasteiger partial charge on any atom is -0.465 e. The second-order valence-electron chi connectivity index (χ2n) is 3.30. The number of methoxy groups -OCH3 is 1. The van der Waals surface area contributed by atoms with Crippen LogP contribution in [-0.2, 0) is 9.53 Å². The number of aromatic amines is 1. The Morgan fingerprint density at radius 3 is 3.11 bits per heavy atom.